The van der Waals surface area contributed by atoms with Gasteiger partial charge in [0, 0.05) is 12.2 Å². The van der Waals surface area contributed by atoms with Crippen LogP contribution in [0, 0.1) is 5.92 Å². The highest BCUT2D eigenvalue weighted by Gasteiger charge is 2.14. The van der Waals surface area contributed by atoms with Gasteiger partial charge in [0.15, 0.2) is 0 Å². The second kappa shape index (κ2) is 5.72. The van der Waals surface area contributed by atoms with Crippen molar-refractivity contribution in [1.82, 2.24) is 0 Å². The molecule has 0 aromatic heterocycles. The molecule has 90 valence electrons. The zero-order valence-corrected chi connectivity index (χ0v) is 10.6. The van der Waals surface area contributed by atoms with Crippen LogP contribution in [0.25, 0.3) is 0 Å². The average Bonchev–Trinajstić information content (AvgIpc) is 2.38. The summed E-state index contributed by atoms with van der Waals surface area (Å²) >= 11 is 0. The fraction of sp³-hybridized carbons (Fsp3) is 0.375. The number of hydrogen-bond acceptors (Lipinski definition) is 1. The number of rotatable bonds is 4. The first-order valence-electron chi connectivity index (χ1n) is 6.38. The van der Waals surface area contributed by atoms with Gasteiger partial charge in [-0.05, 0) is 44.2 Å². The highest BCUT2D eigenvalue weighted by atomic mass is 14.9. The Kier molecular flexibility index (Phi) is 4.03. The fourth-order valence-electron chi connectivity index (χ4n) is 2.27. The maximum absolute atomic E-state index is 4.05. The van der Waals surface area contributed by atoms with Crippen LogP contribution in [-0.2, 0) is 0 Å². The van der Waals surface area contributed by atoms with E-state index in [2.05, 4.69) is 49.2 Å². The first-order valence-corrected chi connectivity index (χ1v) is 6.38. The van der Waals surface area contributed by atoms with Gasteiger partial charge in [0.05, 0.1) is 0 Å². The van der Waals surface area contributed by atoms with Crippen molar-refractivity contribution in [3.05, 3.63) is 54.1 Å². The normalized spacial score (nSPS) is 19.6. The summed E-state index contributed by atoms with van der Waals surface area (Å²) in [4.78, 5) is 0. The number of allylic oxidation sites excluding steroid dienone is 2. The van der Waals surface area contributed by atoms with Crippen molar-refractivity contribution >= 4 is 5.69 Å². The molecule has 0 aliphatic heterocycles. The van der Waals surface area contributed by atoms with Crippen molar-refractivity contribution in [1.29, 1.82) is 0 Å². The second-order valence-corrected chi connectivity index (χ2v) is 4.90. The molecular formula is C16H21N. The van der Waals surface area contributed by atoms with Crippen LogP contribution >= 0.6 is 0 Å². The number of para-hydroxylation sites is 1. The number of nitrogens with one attached hydrogen (secondary N) is 1. The van der Waals surface area contributed by atoms with E-state index in [1.165, 1.54) is 36.1 Å². The maximum atomic E-state index is 4.05. The quantitative estimate of drug-likeness (QED) is 0.752. The molecule has 1 nitrogen and oxygen atoms in total. The smallest absolute Gasteiger partial charge is 0.0360 e. The van der Waals surface area contributed by atoms with Crippen LogP contribution in [0.1, 0.15) is 26.2 Å². The molecular weight excluding hydrogens is 206 g/mol. The maximum Gasteiger partial charge on any atom is 0.0360 e. The van der Waals surface area contributed by atoms with Crippen molar-refractivity contribution in [3.63, 3.8) is 0 Å². The summed E-state index contributed by atoms with van der Waals surface area (Å²) in [5.41, 5.74) is 4.07. The van der Waals surface area contributed by atoms with E-state index in [0.717, 1.165) is 6.54 Å². The first-order chi connectivity index (χ1) is 8.25. The molecule has 0 unspecified atom stereocenters. The molecule has 1 aliphatic carbocycles. The van der Waals surface area contributed by atoms with E-state index in [1.807, 2.05) is 6.07 Å². The SMILES string of the molecule is C=C(C)[C@@H]1CC=C(CNc2ccccc2)CC1. The Morgan fingerprint density at radius 3 is 2.71 bits per heavy atom. The molecule has 0 heterocycles. The summed E-state index contributed by atoms with van der Waals surface area (Å²) in [6.07, 6.45) is 6.02. The van der Waals surface area contributed by atoms with Crippen LogP contribution in [0.15, 0.2) is 54.1 Å². The van der Waals surface area contributed by atoms with E-state index in [1.54, 1.807) is 0 Å². The Hall–Kier alpha value is -1.50. The van der Waals surface area contributed by atoms with Gasteiger partial charge in [-0.25, -0.2) is 0 Å². The first kappa shape index (κ1) is 12.0. The molecule has 1 aromatic carbocycles. The van der Waals surface area contributed by atoms with Gasteiger partial charge in [-0.3, -0.25) is 0 Å². The van der Waals surface area contributed by atoms with Crippen molar-refractivity contribution in [2.75, 3.05) is 11.9 Å². The molecule has 2 rings (SSSR count). The lowest BCUT2D eigenvalue weighted by atomic mass is 9.85. The van der Waals surface area contributed by atoms with Gasteiger partial charge in [-0.2, -0.15) is 0 Å². The standard InChI is InChI=1S/C16H21N/c1-13(2)15-10-8-14(9-11-15)12-17-16-6-4-3-5-7-16/h3-8,15,17H,1,9-12H2,2H3/t15-/m1/s1. The molecule has 1 atom stereocenters. The molecule has 1 N–H and O–H groups in total. The zero-order chi connectivity index (χ0) is 12.1. The Balaban J connectivity index is 1.83. The minimum atomic E-state index is 0.704. The van der Waals surface area contributed by atoms with Crippen molar-refractivity contribution in [2.45, 2.75) is 26.2 Å². The average molecular weight is 227 g/mol. The van der Waals surface area contributed by atoms with Crippen LogP contribution in [0.2, 0.25) is 0 Å². The van der Waals surface area contributed by atoms with Crippen LogP contribution in [0.3, 0.4) is 0 Å². The molecule has 0 saturated carbocycles. The van der Waals surface area contributed by atoms with Gasteiger partial charge in [0.25, 0.3) is 0 Å². The summed E-state index contributed by atoms with van der Waals surface area (Å²) in [6.45, 7) is 7.18. The predicted octanol–water partition coefficient (Wildman–Crippen LogP) is 4.40. The highest BCUT2D eigenvalue weighted by Crippen LogP contribution is 2.28. The molecule has 1 aliphatic rings. The van der Waals surface area contributed by atoms with Gasteiger partial charge in [-0.1, -0.05) is 42.0 Å². The molecule has 0 spiro atoms. The second-order valence-electron chi connectivity index (χ2n) is 4.90. The number of hydrogen-bond donors (Lipinski definition) is 1. The minimum absolute atomic E-state index is 0.704. The largest absolute Gasteiger partial charge is 0.381 e. The third-order valence-electron chi connectivity index (χ3n) is 3.50. The van der Waals surface area contributed by atoms with Gasteiger partial charge >= 0.3 is 0 Å². The van der Waals surface area contributed by atoms with E-state index < -0.39 is 0 Å². The van der Waals surface area contributed by atoms with E-state index in [9.17, 15) is 0 Å². The summed E-state index contributed by atoms with van der Waals surface area (Å²) in [7, 11) is 0. The van der Waals surface area contributed by atoms with Gasteiger partial charge in [-0.15, -0.1) is 0 Å². The van der Waals surface area contributed by atoms with Gasteiger partial charge in [0.1, 0.15) is 0 Å². The topological polar surface area (TPSA) is 12.0 Å². The third kappa shape index (κ3) is 3.48. The summed E-state index contributed by atoms with van der Waals surface area (Å²) < 4.78 is 0. The van der Waals surface area contributed by atoms with Crippen LogP contribution < -0.4 is 5.32 Å². The van der Waals surface area contributed by atoms with Crippen molar-refractivity contribution in [2.24, 2.45) is 5.92 Å². The number of anilines is 1. The highest BCUT2D eigenvalue weighted by molar-refractivity contribution is 5.43. The Morgan fingerprint density at radius 1 is 1.35 bits per heavy atom. The minimum Gasteiger partial charge on any atom is -0.381 e. The van der Waals surface area contributed by atoms with Crippen LogP contribution in [0.4, 0.5) is 5.69 Å². The fourth-order valence-corrected chi connectivity index (χ4v) is 2.27. The molecule has 0 amide bonds. The Morgan fingerprint density at radius 2 is 2.12 bits per heavy atom. The summed E-state index contributed by atoms with van der Waals surface area (Å²) in [5, 5.41) is 3.47. The molecule has 0 radical (unpaired) electrons. The predicted molar refractivity (Wildman–Crippen MR) is 75.2 cm³/mol. The monoisotopic (exact) mass is 227 g/mol. The molecule has 0 bridgehead atoms. The van der Waals surface area contributed by atoms with Crippen LogP contribution in [0.5, 0.6) is 0 Å². The third-order valence-corrected chi connectivity index (χ3v) is 3.50. The van der Waals surface area contributed by atoms with E-state index >= 15 is 0 Å². The number of benzene rings is 1. The molecule has 0 fully saturated rings. The summed E-state index contributed by atoms with van der Waals surface area (Å²) in [6, 6.07) is 10.4. The Labute approximate surface area is 104 Å². The van der Waals surface area contributed by atoms with E-state index in [4.69, 9.17) is 0 Å². The van der Waals surface area contributed by atoms with E-state index in [0.29, 0.717) is 5.92 Å². The molecule has 1 heteroatoms. The van der Waals surface area contributed by atoms with Crippen molar-refractivity contribution in [3.8, 4) is 0 Å². The molecule has 0 saturated heterocycles. The van der Waals surface area contributed by atoms with E-state index in [-0.39, 0.29) is 0 Å². The molecule has 1 aromatic rings. The zero-order valence-electron chi connectivity index (χ0n) is 10.6. The Bertz CT molecular complexity index is 403. The summed E-state index contributed by atoms with van der Waals surface area (Å²) in [5.74, 6) is 0.704. The van der Waals surface area contributed by atoms with Gasteiger partial charge in [0.2, 0.25) is 0 Å². The lowest BCUT2D eigenvalue weighted by Crippen LogP contribution is -2.12. The lowest BCUT2D eigenvalue weighted by molar-refractivity contribution is 0.538. The lowest BCUT2D eigenvalue weighted by Gasteiger charge is -2.22. The van der Waals surface area contributed by atoms with Crippen LogP contribution in [-0.4, -0.2) is 6.54 Å². The van der Waals surface area contributed by atoms with Crippen molar-refractivity contribution < 1.29 is 0 Å². The van der Waals surface area contributed by atoms with Gasteiger partial charge < -0.3 is 5.32 Å². The molecule has 17 heavy (non-hydrogen) atoms.